The van der Waals surface area contributed by atoms with Crippen molar-refractivity contribution in [3.05, 3.63) is 47.8 Å². The van der Waals surface area contributed by atoms with Gasteiger partial charge < -0.3 is 10.1 Å². The molecule has 20 heavy (non-hydrogen) atoms. The monoisotopic (exact) mass is 291 g/mol. The van der Waals surface area contributed by atoms with Crippen molar-refractivity contribution in [1.82, 2.24) is 4.98 Å². The number of carboxylic acids is 1. The molecule has 8 heteroatoms. The molecule has 1 aromatic heterocycles. The molecule has 0 fully saturated rings. The van der Waals surface area contributed by atoms with Crippen LogP contribution in [0, 0.1) is 11.3 Å². The number of hydrogen-bond donors (Lipinski definition) is 3. The van der Waals surface area contributed by atoms with E-state index in [9.17, 15) is 13.2 Å². The van der Waals surface area contributed by atoms with E-state index < -0.39 is 16.0 Å². The highest BCUT2D eigenvalue weighted by Crippen LogP contribution is 2.17. The van der Waals surface area contributed by atoms with Gasteiger partial charge in [0, 0.05) is 6.20 Å². The molecular formula is C12H9N3O4S. The largest absolute Gasteiger partial charge is 0.477 e. The number of aromatic carboxylic acids is 1. The average Bonchev–Trinajstić information content (AvgIpc) is 2.89. The van der Waals surface area contributed by atoms with Crippen LogP contribution in [0.25, 0.3) is 0 Å². The molecule has 0 spiro atoms. The number of rotatable bonds is 4. The Bertz CT molecular complexity index is 802. The lowest BCUT2D eigenvalue weighted by Gasteiger charge is -2.06. The summed E-state index contributed by atoms with van der Waals surface area (Å²) < 4.78 is 26.3. The van der Waals surface area contributed by atoms with Crippen LogP contribution in [0.2, 0.25) is 0 Å². The molecular weight excluding hydrogens is 282 g/mol. The van der Waals surface area contributed by atoms with Crippen LogP contribution in [-0.2, 0) is 10.0 Å². The fraction of sp³-hybridized carbons (Fsp3) is 0. The van der Waals surface area contributed by atoms with E-state index in [4.69, 9.17) is 10.4 Å². The summed E-state index contributed by atoms with van der Waals surface area (Å²) in [5.74, 6) is -1.25. The third-order valence-electron chi connectivity index (χ3n) is 2.44. The van der Waals surface area contributed by atoms with Gasteiger partial charge in [0.2, 0.25) is 0 Å². The van der Waals surface area contributed by atoms with Gasteiger partial charge in [-0.15, -0.1) is 0 Å². The van der Waals surface area contributed by atoms with Crippen LogP contribution in [0.1, 0.15) is 16.1 Å². The second-order valence-corrected chi connectivity index (χ2v) is 5.53. The van der Waals surface area contributed by atoms with E-state index in [-0.39, 0.29) is 16.3 Å². The van der Waals surface area contributed by atoms with E-state index in [2.05, 4.69) is 9.71 Å². The Morgan fingerprint density at radius 2 is 2.10 bits per heavy atom. The number of hydrogen-bond acceptors (Lipinski definition) is 4. The van der Waals surface area contributed by atoms with Crippen molar-refractivity contribution in [2.24, 2.45) is 0 Å². The lowest BCUT2D eigenvalue weighted by molar-refractivity contribution is 0.0691. The van der Waals surface area contributed by atoms with Crippen molar-refractivity contribution in [3.8, 4) is 6.07 Å². The van der Waals surface area contributed by atoms with Gasteiger partial charge >= 0.3 is 5.97 Å². The third kappa shape index (κ3) is 2.78. The van der Waals surface area contributed by atoms with Crippen LogP contribution in [0.15, 0.2) is 41.4 Å². The first-order chi connectivity index (χ1) is 9.42. The topological polar surface area (TPSA) is 123 Å². The Morgan fingerprint density at radius 3 is 2.70 bits per heavy atom. The van der Waals surface area contributed by atoms with E-state index in [1.807, 2.05) is 6.07 Å². The summed E-state index contributed by atoms with van der Waals surface area (Å²) in [6, 6.07) is 8.85. The Kier molecular flexibility index (Phi) is 3.45. The normalized spacial score (nSPS) is 10.8. The van der Waals surface area contributed by atoms with Crippen LogP contribution in [0.3, 0.4) is 0 Å². The van der Waals surface area contributed by atoms with Crippen LogP contribution in [-0.4, -0.2) is 24.5 Å². The van der Waals surface area contributed by atoms with E-state index >= 15 is 0 Å². The van der Waals surface area contributed by atoms with Gasteiger partial charge in [0.15, 0.2) is 0 Å². The van der Waals surface area contributed by atoms with Crippen LogP contribution >= 0.6 is 0 Å². The summed E-state index contributed by atoms with van der Waals surface area (Å²) >= 11 is 0. The zero-order valence-corrected chi connectivity index (χ0v) is 10.8. The summed E-state index contributed by atoms with van der Waals surface area (Å²) in [6.45, 7) is 0. The predicted molar refractivity (Wildman–Crippen MR) is 69.7 cm³/mol. The number of anilines is 1. The fourth-order valence-electron chi connectivity index (χ4n) is 1.52. The summed E-state index contributed by atoms with van der Waals surface area (Å²) in [4.78, 5) is 12.9. The number of benzene rings is 1. The molecule has 0 atom stereocenters. The molecule has 2 rings (SSSR count). The minimum Gasteiger partial charge on any atom is -0.477 e. The number of H-pyrrole nitrogens is 1. The van der Waals surface area contributed by atoms with Gasteiger partial charge in [0.25, 0.3) is 10.0 Å². The number of nitriles is 1. The Hall–Kier alpha value is -2.79. The van der Waals surface area contributed by atoms with Crippen LogP contribution in [0.4, 0.5) is 5.69 Å². The minimum atomic E-state index is -3.90. The molecule has 0 aliphatic heterocycles. The Balaban J connectivity index is 2.30. The van der Waals surface area contributed by atoms with Gasteiger partial charge in [-0.3, -0.25) is 4.72 Å². The number of aromatic nitrogens is 1. The number of nitrogens with zero attached hydrogens (tertiary/aromatic N) is 1. The fourth-order valence-corrected chi connectivity index (χ4v) is 2.56. The van der Waals surface area contributed by atoms with Crippen LogP contribution < -0.4 is 4.72 Å². The molecule has 1 heterocycles. The molecule has 0 radical (unpaired) electrons. The number of sulfonamides is 1. The number of carbonyl (C=O) groups is 1. The molecule has 0 saturated carbocycles. The molecule has 2 aromatic rings. The number of nitrogens with one attached hydrogen (secondary N) is 2. The van der Waals surface area contributed by atoms with Crippen LogP contribution in [0.5, 0.6) is 0 Å². The maximum absolute atomic E-state index is 12.0. The van der Waals surface area contributed by atoms with E-state index in [1.165, 1.54) is 24.3 Å². The molecule has 0 saturated heterocycles. The van der Waals surface area contributed by atoms with Gasteiger partial charge in [-0.05, 0) is 24.3 Å². The molecule has 0 amide bonds. The van der Waals surface area contributed by atoms with Gasteiger partial charge in [-0.25, -0.2) is 13.2 Å². The van der Waals surface area contributed by atoms with Gasteiger partial charge in [-0.2, -0.15) is 5.26 Å². The van der Waals surface area contributed by atoms with Crippen molar-refractivity contribution in [1.29, 1.82) is 5.26 Å². The molecule has 0 bridgehead atoms. The zero-order chi connectivity index (χ0) is 14.8. The van der Waals surface area contributed by atoms with Crippen molar-refractivity contribution >= 4 is 21.7 Å². The summed E-state index contributed by atoms with van der Waals surface area (Å²) in [5.41, 5.74) is 0.309. The predicted octanol–water partition coefficient (Wildman–Crippen LogP) is 1.39. The highest BCUT2D eigenvalue weighted by atomic mass is 32.2. The quantitative estimate of drug-likeness (QED) is 0.785. The highest BCUT2D eigenvalue weighted by Gasteiger charge is 2.18. The minimum absolute atomic E-state index is 0.197. The van der Waals surface area contributed by atoms with E-state index in [0.717, 1.165) is 12.3 Å². The second kappa shape index (κ2) is 5.07. The molecule has 102 valence electrons. The lowest BCUT2D eigenvalue weighted by atomic mass is 10.2. The molecule has 3 N–H and O–H groups in total. The van der Waals surface area contributed by atoms with Gasteiger partial charge in [0.05, 0.1) is 17.3 Å². The smallest absolute Gasteiger partial charge is 0.352 e. The molecule has 0 aliphatic carbocycles. The first-order valence-corrected chi connectivity index (χ1v) is 6.85. The second-order valence-electron chi connectivity index (χ2n) is 3.85. The summed E-state index contributed by atoms with van der Waals surface area (Å²) in [5, 5.41) is 17.5. The highest BCUT2D eigenvalue weighted by molar-refractivity contribution is 7.92. The Morgan fingerprint density at radius 1 is 1.35 bits per heavy atom. The Labute approximate surface area is 114 Å². The molecule has 1 aromatic carbocycles. The first kappa shape index (κ1) is 13.6. The molecule has 7 nitrogen and oxygen atoms in total. The van der Waals surface area contributed by atoms with Crippen molar-refractivity contribution in [2.45, 2.75) is 4.90 Å². The summed E-state index contributed by atoms with van der Waals surface area (Å²) in [7, 11) is -3.90. The van der Waals surface area contributed by atoms with Crippen molar-refractivity contribution in [2.75, 3.05) is 4.72 Å². The average molecular weight is 291 g/mol. The van der Waals surface area contributed by atoms with Crippen molar-refractivity contribution < 1.29 is 18.3 Å². The SMILES string of the molecule is N#Cc1cccc(NS(=O)(=O)c2c[nH]c(C(=O)O)c2)c1. The lowest BCUT2D eigenvalue weighted by Crippen LogP contribution is -2.12. The van der Waals surface area contributed by atoms with Gasteiger partial charge in [0.1, 0.15) is 10.6 Å². The maximum Gasteiger partial charge on any atom is 0.352 e. The van der Waals surface area contributed by atoms with E-state index in [0.29, 0.717) is 5.56 Å². The standard InChI is InChI=1S/C12H9N3O4S/c13-6-8-2-1-3-9(4-8)15-20(18,19)10-5-11(12(16)17)14-7-10/h1-5,7,14-15H,(H,16,17). The third-order valence-corrected chi connectivity index (χ3v) is 3.80. The molecule has 0 aliphatic rings. The first-order valence-electron chi connectivity index (χ1n) is 5.37. The van der Waals surface area contributed by atoms with Gasteiger partial charge in [-0.1, -0.05) is 6.07 Å². The molecule has 0 unspecified atom stereocenters. The van der Waals surface area contributed by atoms with E-state index in [1.54, 1.807) is 0 Å². The number of carboxylic acid groups (broad SMARTS) is 1. The number of aromatic amines is 1. The zero-order valence-electron chi connectivity index (χ0n) is 9.99. The summed E-state index contributed by atoms with van der Waals surface area (Å²) in [6.07, 6.45) is 1.08. The van der Waals surface area contributed by atoms with Crippen molar-refractivity contribution in [3.63, 3.8) is 0 Å². The maximum atomic E-state index is 12.0.